The van der Waals surface area contributed by atoms with Crippen LogP contribution in [0.4, 0.5) is 5.69 Å². The third kappa shape index (κ3) is 4.08. The maximum Gasteiger partial charge on any atom is 0.253 e. The predicted octanol–water partition coefficient (Wildman–Crippen LogP) is 2.84. The van der Waals surface area contributed by atoms with Crippen molar-refractivity contribution in [3.63, 3.8) is 0 Å². The molecule has 1 aromatic carbocycles. The molecule has 0 atom stereocenters. The van der Waals surface area contributed by atoms with Crippen molar-refractivity contribution in [1.29, 1.82) is 5.41 Å². The van der Waals surface area contributed by atoms with Crippen molar-refractivity contribution < 1.29 is 4.79 Å². The highest BCUT2D eigenvalue weighted by atomic mass is 35.5. The van der Waals surface area contributed by atoms with Crippen LogP contribution in [0.3, 0.4) is 0 Å². The lowest BCUT2D eigenvalue weighted by molar-refractivity contribution is -0.113. The molecule has 1 heterocycles. The number of nitrogens with zero attached hydrogens (tertiary/aromatic N) is 1. The molecule has 0 aromatic heterocycles. The SMILES string of the molecule is CCC/C(C(=O)Nc1cccc(Cl)c1)=C(/C=N)N1CCNC1. The Labute approximate surface area is 135 Å². The van der Waals surface area contributed by atoms with Crippen LogP contribution >= 0.6 is 11.6 Å². The second-order valence-electron chi connectivity index (χ2n) is 5.14. The first-order valence-corrected chi connectivity index (χ1v) is 7.79. The van der Waals surface area contributed by atoms with Gasteiger partial charge in [0.15, 0.2) is 0 Å². The van der Waals surface area contributed by atoms with Gasteiger partial charge in [0.1, 0.15) is 0 Å². The van der Waals surface area contributed by atoms with Gasteiger partial charge in [-0.1, -0.05) is 31.0 Å². The summed E-state index contributed by atoms with van der Waals surface area (Å²) in [6, 6.07) is 7.07. The van der Waals surface area contributed by atoms with Gasteiger partial charge in [0, 0.05) is 35.6 Å². The first-order chi connectivity index (χ1) is 10.7. The van der Waals surface area contributed by atoms with Crippen molar-refractivity contribution in [2.45, 2.75) is 19.8 Å². The van der Waals surface area contributed by atoms with Crippen LogP contribution in [0, 0.1) is 5.41 Å². The molecule has 0 bridgehead atoms. The monoisotopic (exact) mass is 320 g/mol. The molecule has 0 unspecified atom stereocenters. The van der Waals surface area contributed by atoms with Gasteiger partial charge in [-0.2, -0.15) is 0 Å². The summed E-state index contributed by atoms with van der Waals surface area (Å²) in [5, 5.41) is 14.4. The lowest BCUT2D eigenvalue weighted by atomic mass is 10.1. The number of anilines is 1. The van der Waals surface area contributed by atoms with Gasteiger partial charge in [0.05, 0.1) is 12.4 Å². The maximum absolute atomic E-state index is 12.6. The van der Waals surface area contributed by atoms with Gasteiger partial charge in [0.2, 0.25) is 0 Å². The standard InChI is InChI=1S/C16H21ClN4O/c1-2-4-14(15(10-18)21-8-7-19-11-21)16(22)20-13-6-3-5-12(17)9-13/h3,5-6,9-10,18-19H,2,4,7-8,11H2,1H3,(H,20,22)/b15-14+,18-10?. The van der Waals surface area contributed by atoms with E-state index in [9.17, 15) is 4.79 Å². The van der Waals surface area contributed by atoms with E-state index in [1.807, 2.05) is 11.8 Å². The second-order valence-corrected chi connectivity index (χ2v) is 5.58. The van der Waals surface area contributed by atoms with Crippen molar-refractivity contribution >= 4 is 29.4 Å². The van der Waals surface area contributed by atoms with Crippen LogP contribution < -0.4 is 10.6 Å². The minimum Gasteiger partial charge on any atom is -0.356 e. The zero-order valence-electron chi connectivity index (χ0n) is 12.7. The molecule has 6 heteroatoms. The summed E-state index contributed by atoms with van der Waals surface area (Å²) in [4.78, 5) is 14.6. The van der Waals surface area contributed by atoms with E-state index in [1.165, 1.54) is 6.21 Å². The molecule has 1 fully saturated rings. The molecular formula is C16H21ClN4O. The zero-order chi connectivity index (χ0) is 15.9. The summed E-state index contributed by atoms with van der Waals surface area (Å²) in [6.45, 7) is 4.37. The largest absolute Gasteiger partial charge is 0.356 e. The van der Waals surface area contributed by atoms with Crippen molar-refractivity contribution in [1.82, 2.24) is 10.2 Å². The van der Waals surface area contributed by atoms with E-state index in [-0.39, 0.29) is 5.91 Å². The highest BCUT2D eigenvalue weighted by Gasteiger charge is 2.20. The molecular weight excluding hydrogens is 300 g/mol. The smallest absolute Gasteiger partial charge is 0.253 e. The molecule has 1 aromatic rings. The summed E-state index contributed by atoms with van der Waals surface area (Å²) in [5.41, 5.74) is 1.99. The van der Waals surface area contributed by atoms with E-state index in [2.05, 4.69) is 10.6 Å². The fourth-order valence-electron chi connectivity index (χ4n) is 2.46. The molecule has 1 saturated heterocycles. The number of allylic oxidation sites excluding steroid dienone is 1. The Morgan fingerprint density at radius 3 is 2.95 bits per heavy atom. The number of nitrogens with one attached hydrogen (secondary N) is 3. The van der Waals surface area contributed by atoms with E-state index in [0.29, 0.717) is 35.1 Å². The first kappa shape index (κ1) is 16.5. The molecule has 118 valence electrons. The summed E-state index contributed by atoms with van der Waals surface area (Å²) >= 11 is 5.95. The fraction of sp³-hybridized carbons (Fsp3) is 0.375. The zero-order valence-corrected chi connectivity index (χ0v) is 13.4. The summed E-state index contributed by atoms with van der Waals surface area (Å²) in [7, 11) is 0. The molecule has 1 aliphatic rings. The van der Waals surface area contributed by atoms with Crippen LogP contribution in [0.25, 0.3) is 0 Å². The molecule has 2 rings (SSSR count). The number of amides is 1. The van der Waals surface area contributed by atoms with E-state index in [1.54, 1.807) is 24.3 Å². The molecule has 1 aliphatic heterocycles. The van der Waals surface area contributed by atoms with E-state index in [4.69, 9.17) is 17.0 Å². The molecule has 3 N–H and O–H groups in total. The fourth-order valence-corrected chi connectivity index (χ4v) is 2.65. The molecule has 5 nitrogen and oxygen atoms in total. The average Bonchev–Trinajstić information content (AvgIpc) is 3.01. The van der Waals surface area contributed by atoms with Crippen LogP contribution in [0.5, 0.6) is 0 Å². The van der Waals surface area contributed by atoms with Gasteiger partial charge in [-0.25, -0.2) is 0 Å². The summed E-state index contributed by atoms with van der Waals surface area (Å²) in [6.07, 6.45) is 2.75. The molecule has 1 amide bonds. The third-order valence-corrected chi connectivity index (χ3v) is 3.74. The van der Waals surface area contributed by atoms with Crippen LogP contribution in [-0.2, 0) is 4.79 Å². The number of hydrogen-bond donors (Lipinski definition) is 3. The van der Waals surface area contributed by atoms with Gasteiger partial charge in [-0.05, 0) is 24.6 Å². The Hall–Kier alpha value is -1.85. The van der Waals surface area contributed by atoms with Gasteiger partial charge in [0.25, 0.3) is 5.91 Å². The summed E-state index contributed by atoms with van der Waals surface area (Å²) in [5.74, 6) is -0.172. The van der Waals surface area contributed by atoms with E-state index in [0.717, 1.165) is 19.5 Å². The highest BCUT2D eigenvalue weighted by molar-refractivity contribution is 6.31. The first-order valence-electron chi connectivity index (χ1n) is 7.42. The molecule has 0 saturated carbocycles. The number of hydrogen-bond acceptors (Lipinski definition) is 4. The van der Waals surface area contributed by atoms with Crippen molar-refractivity contribution in [3.8, 4) is 0 Å². The molecule has 0 aliphatic carbocycles. The topological polar surface area (TPSA) is 68.2 Å². The molecule has 0 radical (unpaired) electrons. The Bertz CT molecular complexity index is 579. The Kier molecular flexibility index (Phi) is 5.98. The second kappa shape index (κ2) is 7.96. The van der Waals surface area contributed by atoms with Crippen LogP contribution in [0.15, 0.2) is 35.5 Å². The quantitative estimate of drug-likeness (QED) is 0.557. The Morgan fingerprint density at radius 1 is 1.55 bits per heavy atom. The Morgan fingerprint density at radius 2 is 2.36 bits per heavy atom. The Balaban J connectivity index is 2.25. The van der Waals surface area contributed by atoms with Crippen LogP contribution in [0.2, 0.25) is 5.02 Å². The third-order valence-electron chi connectivity index (χ3n) is 3.50. The number of rotatable bonds is 6. The lowest BCUT2D eigenvalue weighted by Gasteiger charge is -2.21. The van der Waals surface area contributed by atoms with Crippen LogP contribution in [-0.4, -0.2) is 36.8 Å². The van der Waals surface area contributed by atoms with Gasteiger partial charge in [-0.15, -0.1) is 0 Å². The van der Waals surface area contributed by atoms with Gasteiger partial charge < -0.3 is 15.6 Å². The molecule has 22 heavy (non-hydrogen) atoms. The van der Waals surface area contributed by atoms with E-state index >= 15 is 0 Å². The number of carbonyl (C=O) groups excluding carboxylic acids is 1. The lowest BCUT2D eigenvalue weighted by Crippen LogP contribution is -2.27. The minimum atomic E-state index is -0.172. The van der Waals surface area contributed by atoms with E-state index < -0.39 is 0 Å². The van der Waals surface area contributed by atoms with Gasteiger partial charge in [-0.3, -0.25) is 10.1 Å². The predicted molar refractivity (Wildman–Crippen MR) is 90.4 cm³/mol. The number of benzene rings is 1. The number of halogens is 1. The minimum absolute atomic E-state index is 0.172. The van der Waals surface area contributed by atoms with Crippen molar-refractivity contribution in [2.75, 3.05) is 25.1 Å². The highest BCUT2D eigenvalue weighted by Crippen LogP contribution is 2.20. The normalized spacial score (nSPS) is 15.5. The number of carbonyl (C=O) groups is 1. The van der Waals surface area contributed by atoms with Crippen molar-refractivity contribution in [2.24, 2.45) is 0 Å². The van der Waals surface area contributed by atoms with Crippen LogP contribution in [0.1, 0.15) is 19.8 Å². The average molecular weight is 321 g/mol. The van der Waals surface area contributed by atoms with Gasteiger partial charge >= 0.3 is 0 Å². The summed E-state index contributed by atoms with van der Waals surface area (Å²) < 4.78 is 0. The molecule has 0 spiro atoms. The maximum atomic E-state index is 12.6. The van der Waals surface area contributed by atoms with Crippen molar-refractivity contribution in [3.05, 3.63) is 40.6 Å².